The van der Waals surface area contributed by atoms with Gasteiger partial charge in [-0.2, -0.15) is 13.2 Å². The van der Waals surface area contributed by atoms with Crippen molar-refractivity contribution >= 4 is 23.9 Å². The summed E-state index contributed by atoms with van der Waals surface area (Å²) < 4.78 is 49.6. The topological polar surface area (TPSA) is 105 Å². The van der Waals surface area contributed by atoms with Crippen molar-refractivity contribution in [1.82, 2.24) is 15.1 Å². The van der Waals surface area contributed by atoms with Crippen LogP contribution in [-0.4, -0.2) is 78.6 Å². The second kappa shape index (κ2) is 15.6. The van der Waals surface area contributed by atoms with E-state index in [1.807, 2.05) is 20.8 Å². The van der Waals surface area contributed by atoms with Crippen LogP contribution in [0.25, 0.3) is 0 Å². The van der Waals surface area contributed by atoms with Crippen LogP contribution in [0.1, 0.15) is 83.3 Å². The lowest BCUT2D eigenvalue weighted by Crippen LogP contribution is -2.48. The smallest absolute Gasteiger partial charge is 0.416 e. The molecule has 2 heterocycles. The number of amides is 3. The molecular formula is C32H46F3N3O6. The maximum atomic E-state index is 13.2. The highest BCUT2D eigenvalue weighted by Crippen LogP contribution is 2.30. The van der Waals surface area contributed by atoms with Crippen molar-refractivity contribution < 1.29 is 41.8 Å². The molecule has 1 aromatic carbocycles. The number of alkyl halides is 3. The van der Waals surface area contributed by atoms with E-state index >= 15 is 0 Å². The van der Waals surface area contributed by atoms with Gasteiger partial charge >= 0.3 is 18.2 Å². The molecule has 246 valence electrons. The van der Waals surface area contributed by atoms with Gasteiger partial charge in [-0.3, -0.25) is 14.4 Å². The Balaban J connectivity index is 1.48. The van der Waals surface area contributed by atoms with Crippen molar-refractivity contribution in [3.63, 3.8) is 0 Å². The highest BCUT2D eigenvalue weighted by atomic mass is 19.4. The Morgan fingerprint density at radius 1 is 1.02 bits per heavy atom. The van der Waals surface area contributed by atoms with Crippen molar-refractivity contribution in [3.8, 4) is 0 Å². The first-order valence-electron chi connectivity index (χ1n) is 15.4. The number of esters is 1. The Morgan fingerprint density at radius 3 is 2.36 bits per heavy atom. The molecule has 2 atom stereocenters. The second-order valence-corrected chi connectivity index (χ2v) is 12.9. The van der Waals surface area contributed by atoms with Gasteiger partial charge in [-0.05, 0) is 83.3 Å². The number of halogens is 3. The van der Waals surface area contributed by atoms with Gasteiger partial charge < -0.3 is 24.6 Å². The molecule has 0 saturated carbocycles. The predicted molar refractivity (Wildman–Crippen MR) is 157 cm³/mol. The third kappa shape index (κ3) is 11.3. The first-order valence-corrected chi connectivity index (χ1v) is 15.4. The van der Waals surface area contributed by atoms with E-state index in [1.54, 1.807) is 15.9 Å². The quantitative estimate of drug-likeness (QED) is 0.352. The zero-order valence-corrected chi connectivity index (χ0v) is 26.2. The normalized spacial score (nSPS) is 18.8. The first kappa shape index (κ1) is 35.2. The predicted octanol–water partition coefficient (Wildman–Crippen LogP) is 5.35. The molecule has 2 saturated heterocycles. The lowest BCUT2D eigenvalue weighted by atomic mass is 9.91. The van der Waals surface area contributed by atoms with Gasteiger partial charge in [0.05, 0.1) is 25.0 Å². The van der Waals surface area contributed by atoms with Gasteiger partial charge in [-0.1, -0.05) is 18.2 Å². The lowest BCUT2D eigenvalue weighted by Gasteiger charge is -2.35. The Bertz CT molecular complexity index is 1140. The van der Waals surface area contributed by atoms with Crippen molar-refractivity contribution in [1.29, 1.82) is 0 Å². The van der Waals surface area contributed by atoms with Crippen LogP contribution in [0.3, 0.4) is 0 Å². The van der Waals surface area contributed by atoms with E-state index in [2.05, 4.69) is 5.32 Å². The fourth-order valence-corrected chi connectivity index (χ4v) is 5.71. The summed E-state index contributed by atoms with van der Waals surface area (Å²) in [5.41, 5.74) is -0.839. The highest BCUT2D eigenvalue weighted by Gasteiger charge is 2.32. The van der Waals surface area contributed by atoms with Crippen LogP contribution in [0.5, 0.6) is 0 Å². The molecule has 2 fully saturated rings. The van der Waals surface area contributed by atoms with Crippen molar-refractivity contribution in [2.75, 3.05) is 33.3 Å². The van der Waals surface area contributed by atoms with Crippen molar-refractivity contribution in [3.05, 3.63) is 35.4 Å². The van der Waals surface area contributed by atoms with E-state index in [9.17, 15) is 32.3 Å². The van der Waals surface area contributed by atoms with Gasteiger partial charge in [0.15, 0.2) is 0 Å². The van der Waals surface area contributed by atoms with Crippen LogP contribution in [0.4, 0.5) is 18.0 Å². The Hall–Kier alpha value is -3.31. The molecule has 0 aliphatic carbocycles. The maximum Gasteiger partial charge on any atom is 0.416 e. The number of hydrogen-bond acceptors (Lipinski definition) is 6. The van der Waals surface area contributed by atoms with Crippen LogP contribution in [0, 0.1) is 11.8 Å². The zero-order valence-electron chi connectivity index (χ0n) is 26.2. The SMILES string of the molecule is COC(=O)CC(CCc1cccc(C(F)(F)F)c1)NC(=O)[C@@H]1CCCN(C(=O)CCC2CCN(C(=O)OC(C)(C)C)CC2)C1. The van der Waals surface area contributed by atoms with Crippen molar-refractivity contribution in [2.24, 2.45) is 11.8 Å². The largest absolute Gasteiger partial charge is 0.469 e. The maximum absolute atomic E-state index is 13.2. The number of methoxy groups -OCH3 is 1. The highest BCUT2D eigenvalue weighted by molar-refractivity contribution is 5.82. The molecule has 3 amide bonds. The van der Waals surface area contributed by atoms with Crippen molar-refractivity contribution in [2.45, 2.75) is 96.4 Å². The van der Waals surface area contributed by atoms with Crippen LogP contribution in [0.2, 0.25) is 0 Å². The van der Waals surface area contributed by atoms with Gasteiger partial charge in [0.2, 0.25) is 11.8 Å². The molecule has 0 aromatic heterocycles. The molecule has 0 bridgehead atoms. The number of rotatable bonds is 10. The van der Waals surface area contributed by atoms with Crippen LogP contribution in [-0.2, 0) is 36.5 Å². The Kier molecular flexibility index (Phi) is 12.5. The van der Waals surface area contributed by atoms with Crippen LogP contribution >= 0.6 is 0 Å². The van der Waals surface area contributed by atoms with Gasteiger partial charge in [0.25, 0.3) is 0 Å². The number of hydrogen-bond donors (Lipinski definition) is 1. The molecule has 44 heavy (non-hydrogen) atoms. The molecule has 1 unspecified atom stereocenters. The fraction of sp³-hybridized carbons (Fsp3) is 0.688. The number of nitrogens with one attached hydrogen (secondary N) is 1. The summed E-state index contributed by atoms with van der Waals surface area (Å²) >= 11 is 0. The van der Waals surface area contributed by atoms with E-state index < -0.39 is 35.3 Å². The van der Waals surface area contributed by atoms with Gasteiger partial charge in [0, 0.05) is 38.6 Å². The minimum atomic E-state index is -4.46. The van der Waals surface area contributed by atoms with E-state index in [-0.39, 0.29) is 43.7 Å². The molecule has 0 radical (unpaired) electrons. The number of benzene rings is 1. The summed E-state index contributed by atoms with van der Waals surface area (Å²) in [7, 11) is 1.24. The van der Waals surface area contributed by atoms with Crippen LogP contribution < -0.4 is 5.32 Å². The minimum absolute atomic E-state index is 0.00673. The monoisotopic (exact) mass is 625 g/mol. The fourth-order valence-electron chi connectivity index (χ4n) is 5.71. The Labute approximate surface area is 257 Å². The average Bonchev–Trinajstić information content (AvgIpc) is 2.97. The lowest BCUT2D eigenvalue weighted by molar-refractivity contribution is -0.141. The summed E-state index contributed by atoms with van der Waals surface area (Å²) in [4.78, 5) is 54.1. The number of ether oxygens (including phenoxy) is 2. The molecule has 9 nitrogen and oxygen atoms in total. The summed E-state index contributed by atoms with van der Waals surface area (Å²) in [5.74, 6) is -0.935. The molecule has 1 N–H and O–H groups in total. The number of carbonyl (C=O) groups is 4. The minimum Gasteiger partial charge on any atom is -0.469 e. The third-order valence-corrected chi connectivity index (χ3v) is 8.20. The first-order chi connectivity index (χ1) is 20.6. The zero-order chi connectivity index (χ0) is 32.5. The summed E-state index contributed by atoms with van der Waals surface area (Å²) in [6, 6.07) is 4.38. The summed E-state index contributed by atoms with van der Waals surface area (Å²) in [5, 5.41) is 2.90. The summed E-state index contributed by atoms with van der Waals surface area (Å²) in [6.45, 7) is 7.55. The molecule has 2 aliphatic rings. The molecule has 2 aliphatic heterocycles. The van der Waals surface area contributed by atoms with E-state index in [0.717, 1.165) is 25.0 Å². The summed E-state index contributed by atoms with van der Waals surface area (Å²) in [6.07, 6.45) is -0.432. The van der Waals surface area contributed by atoms with E-state index in [0.29, 0.717) is 56.8 Å². The standard InChI is InChI=1S/C32H46F3N3O6/c1-31(2,3)44-30(42)37-17-14-22(15-18-37)11-13-27(39)38-16-6-8-24(21-38)29(41)36-26(20-28(40)43-4)12-10-23-7-5-9-25(19-23)32(33,34)35/h5,7,9,19,22,24,26H,6,8,10-18,20-21H2,1-4H3,(H,36,41)/t24-,26?/m1/s1. The Morgan fingerprint density at radius 2 is 1.73 bits per heavy atom. The van der Waals surface area contributed by atoms with Gasteiger partial charge in [-0.15, -0.1) is 0 Å². The number of aryl methyl sites for hydroxylation is 1. The molecule has 0 spiro atoms. The van der Waals surface area contributed by atoms with Gasteiger partial charge in [0.1, 0.15) is 5.60 Å². The molecule has 12 heteroatoms. The van der Waals surface area contributed by atoms with Gasteiger partial charge in [-0.25, -0.2) is 4.79 Å². The number of piperidine rings is 2. The molecule has 3 rings (SSSR count). The third-order valence-electron chi connectivity index (χ3n) is 8.20. The number of nitrogens with zero attached hydrogens (tertiary/aromatic N) is 2. The second-order valence-electron chi connectivity index (χ2n) is 12.9. The number of likely N-dealkylation sites (tertiary alicyclic amines) is 2. The average molecular weight is 626 g/mol. The molecular weight excluding hydrogens is 579 g/mol. The number of carbonyl (C=O) groups excluding carboxylic acids is 4. The van der Waals surface area contributed by atoms with E-state index in [4.69, 9.17) is 9.47 Å². The molecule has 1 aromatic rings. The van der Waals surface area contributed by atoms with E-state index in [1.165, 1.54) is 13.2 Å². The van der Waals surface area contributed by atoms with Crippen LogP contribution in [0.15, 0.2) is 24.3 Å².